The molecule has 2 heterocycles. The molecule has 158 valence electrons. The molecule has 3 rings (SSSR count). The van der Waals surface area contributed by atoms with Crippen molar-refractivity contribution in [3.05, 3.63) is 41.1 Å². The number of aromatic nitrogens is 1. The summed E-state index contributed by atoms with van der Waals surface area (Å²) in [5.74, 6) is 0.440. The van der Waals surface area contributed by atoms with Crippen LogP contribution in [0.4, 0.5) is 0 Å². The van der Waals surface area contributed by atoms with Gasteiger partial charge in [0.25, 0.3) is 5.91 Å². The minimum atomic E-state index is -0.106. The lowest BCUT2D eigenvalue weighted by Crippen LogP contribution is -2.39. The summed E-state index contributed by atoms with van der Waals surface area (Å²) in [5.41, 5.74) is 3.38. The molecule has 5 nitrogen and oxygen atoms in total. The lowest BCUT2D eigenvalue weighted by atomic mass is 9.86. The zero-order chi connectivity index (χ0) is 21.0. The molecular weight excluding hydrogens is 362 g/mol. The second-order valence-electron chi connectivity index (χ2n) is 9.29. The summed E-state index contributed by atoms with van der Waals surface area (Å²) < 4.78 is 5.52. The largest absolute Gasteiger partial charge is 0.355 e. The summed E-state index contributed by atoms with van der Waals surface area (Å²) in [5, 5.41) is 7.11. The maximum Gasteiger partial charge on any atom is 0.257 e. The fraction of sp³-hybridized carbons (Fsp3) is 0.583. The third kappa shape index (κ3) is 5.27. The number of benzene rings is 1. The van der Waals surface area contributed by atoms with Crippen molar-refractivity contribution in [2.45, 2.75) is 71.8 Å². The summed E-state index contributed by atoms with van der Waals surface area (Å²) >= 11 is 0. The Morgan fingerprint density at radius 3 is 2.62 bits per heavy atom. The van der Waals surface area contributed by atoms with Gasteiger partial charge in [-0.05, 0) is 50.6 Å². The number of nitrogens with one attached hydrogen (secondary N) is 1. The van der Waals surface area contributed by atoms with Crippen LogP contribution >= 0.6 is 0 Å². The monoisotopic (exact) mass is 397 g/mol. The highest BCUT2D eigenvalue weighted by Gasteiger charge is 2.23. The molecule has 1 aromatic carbocycles. The maximum absolute atomic E-state index is 12.8. The SMILES string of the molecule is Cc1noc(-c2ccc(C(C)(C)C)cc2)c1C(=O)NCCCN1CCCC[C@@H]1C. The van der Waals surface area contributed by atoms with E-state index in [0.717, 1.165) is 18.5 Å². The summed E-state index contributed by atoms with van der Waals surface area (Å²) in [7, 11) is 0. The van der Waals surface area contributed by atoms with E-state index in [2.05, 4.69) is 55.2 Å². The van der Waals surface area contributed by atoms with E-state index in [1.54, 1.807) is 0 Å². The standard InChI is InChI=1S/C24H35N3O2/c1-17-9-6-7-15-27(17)16-8-14-25-23(28)21-18(2)26-29-22(21)19-10-12-20(13-11-19)24(3,4)5/h10-13,17H,6-9,14-16H2,1-5H3,(H,25,28)/t17-/m0/s1. The van der Waals surface area contributed by atoms with E-state index < -0.39 is 0 Å². The van der Waals surface area contributed by atoms with Gasteiger partial charge in [0.15, 0.2) is 5.76 Å². The molecule has 0 bridgehead atoms. The number of aryl methyl sites for hydroxylation is 1. The number of carbonyl (C=O) groups is 1. The molecule has 0 unspecified atom stereocenters. The molecule has 2 aromatic rings. The van der Waals surface area contributed by atoms with Gasteiger partial charge in [0, 0.05) is 24.7 Å². The van der Waals surface area contributed by atoms with Gasteiger partial charge in [0.05, 0.1) is 5.69 Å². The number of rotatable bonds is 6. The summed E-state index contributed by atoms with van der Waals surface area (Å²) in [6.07, 6.45) is 4.86. The Labute approximate surface area is 174 Å². The zero-order valence-electron chi connectivity index (χ0n) is 18.5. The van der Waals surface area contributed by atoms with Crippen LogP contribution in [-0.2, 0) is 5.41 Å². The average Bonchev–Trinajstić information content (AvgIpc) is 3.07. The van der Waals surface area contributed by atoms with Crippen LogP contribution < -0.4 is 5.32 Å². The number of piperidine rings is 1. The van der Waals surface area contributed by atoms with Crippen molar-refractivity contribution in [1.82, 2.24) is 15.4 Å². The van der Waals surface area contributed by atoms with Gasteiger partial charge in [0.1, 0.15) is 5.56 Å². The second kappa shape index (κ2) is 9.12. The van der Waals surface area contributed by atoms with Crippen LogP contribution in [0.3, 0.4) is 0 Å². The Morgan fingerprint density at radius 1 is 1.24 bits per heavy atom. The first-order valence-corrected chi connectivity index (χ1v) is 10.9. The predicted octanol–water partition coefficient (Wildman–Crippen LogP) is 4.94. The topological polar surface area (TPSA) is 58.4 Å². The number of nitrogens with zero attached hydrogens (tertiary/aromatic N) is 2. The summed E-state index contributed by atoms with van der Waals surface area (Å²) in [6, 6.07) is 8.86. The van der Waals surface area contributed by atoms with Gasteiger partial charge in [-0.15, -0.1) is 0 Å². The third-order valence-electron chi connectivity index (χ3n) is 5.95. The minimum Gasteiger partial charge on any atom is -0.355 e. The normalized spacial score (nSPS) is 18.0. The van der Waals surface area contributed by atoms with Crippen LogP contribution in [0.25, 0.3) is 11.3 Å². The van der Waals surface area contributed by atoms with Crippen LogP contribution in [0, 0.1) is 6.92 Å². The number of amides is 1. The fourth-order valence-corrected chi connectivity index (χ4v) is 4.02. The molecule has 1 aliphatic heterocycles. The zero-order valence-corrected chi connectivity index (χ0v) is 18.5. The molecule has 0 radical (unpaired) electrons. The van der Waals surface area contributed by atoms with Gasteiger partial charge >= 0.3 is 0 Å². The van der Waals surface area contributed by atoms with Gasteiger partial charge in [-0.2, -0.15) is 0 Å². The Hall–Kier alpha value is -2.14. The van der Waals surface area contributed by atoms with Crippen LogP contribution in [0.1, 0.15) is 75.0 Å². The van der Waals surface area contributed by atoms with E-state index in [1.165, 1.54) is 31.4 Å². The summed E-state index contributed by atoms with van der Waals surface area (Å²) in [4.78, 5) is 15.4. The van der Waals surface area contributed by atoms with Crippen molar-refractivity contribution >= 4 is 5.91 Å². The van der Waals surface area contributed by atoms with Gasteiger partial charge in [-0.25, -0.2) is 0 Å². The Kier molecular flexibility index (Phi) is 6.78. The second-order valence-corrected chi connectivity index (χ2v) is 9.29. The molecule has 1 aromatic heterocycles. The molecule has 1 N–H and O–H groups in total. The molecule has 1 aliphatic rings. The van der Waals surface area contributed by atoms with E-state index in [1.807, 2.05) is 19.1 Å². The van der Waals surface area contributed by atoms with Crippen molar-refractivity contribution in [2.24, 2.45) is 0 Å². The molecule has 29 heavy (non-hydrogen) atoms. The van der Waals surface area contributed by atoms with Crippen LogP contribution in [0.5, 0.6) is 0 Å². The first-order valence-electron chi connectivity index (χ1n) is 10.9. The van der Waals surface area contributed by atoms with Gasteiger partial charge < -0.3 is 14.7 Å². The average molecular weight is 398 g/mol. The molecular formula is C24H35N3O2. The third-order valence-corrected chi connectivity index (χ3v) is 5.95. The van der Waals surface area contributed by atoms with Crippen LogP contribution in [0.15, 0.2) is 28.8 Å². The van der Waals surface area contributed by atoms with Crippen molar-refractivity contribution in [2.75, 3.05) is 19.6 Å². The van der Waals surface area contributed by atoms with E-state index >= 15 is 0 Å². The highest BCUT2D eigenvalue weighted by Crippen LogP contribution is 2.29. The number of hydrogen-bond acceptors (Lipinski definition) is 4. The Bertz CT molecular complexity index is 818. The van der Waals surface area contributed by atoms with Crippen molar-refractivity contribution in [1.29, 1.82) is 0 Å². The first kappa shape index (κ1) is 21.6. The molecule has 1 saturated heterocycles. The molecule has 1 amide bonds. The lowest BCUT2D eigenvalue weighted by Gasteiger charge is -2.33. The lowest BCUT2D eigenvalue weighted by molar-refractivity contribution is 0.0948. The molecule has 0 spiro atoms. The maximum atomic E-state index is 12.8. The van der Waals surface area contributed by atoms with Gasteiger partial charge in [-0.1, -0.05) is 56.6 Å². The quantitative estimate of drug-likeness (QED) is 0.701. The highest BCUT2D eigenvalue weighted by atomic mass is 16.5. The van der Waals surface area contributed by atoms with Crippen LogP contribution in [-0.4, -0.2) is 41.6 Å². The number of hydrogen-bond donors (Lipinski definition) is 1. The van der Waals surface area contributed by atoms with E-state index in [9.17, 15) is 4.79 Å². The molecule has 1 atom stereocenters. The van der Waals surface area contributed by atoms with Crippen LogP contribution in [0.2, 0.25) is 0 Å². The smallest absolute Gasteiger partial charge is 0.257 e. The number of likely N-dealkylation sites (tertiary alicyclic amines) is 1. The molecule has 5 heteroatoms. The van der Waals surface area contributed by atoms with Gasteiger partial charge in [-0.3, -0.25) is 4.79 Å². The highest BCUT2D eigenvalue weighted by molar-refractivity contribution is 6.00. The summed E-state index contributed by atoms with van der Waals surface area (Å²) in [6.45, 7) is 13.5. The van der Waals surface area contributed by atoms with E-state index in [-0.39, 0.29) is 11.3 Å². The van der Waals surface area contributed by atoms with Gasteiger partial charge in [0.2, 0.25) is 0 Å². The van der Waals surface area contributed by atoms with E-state index in [4.69, 9.17) is 4.52 Å². The Morgan fingerprint density at radius 2 is 1.97 bits per heavy atom. The van der Waals surface area contributed by atoms with Crippen molar-refractivity contribution in [3.8, 4) is 11.3 Å². The predicted molar refractivity (Wildman–Crippen MR) is 117 cm³/mol. The minimum absolute atomic E-state index is 0.0852. The fourth-order valence-electron chi connectivity index (χ4n) is 4.02. The molecule has 0 aliphatic carbocycles. The van der Waals surface area contributed by atoms with E-state index in [0.29, 0.717) is 29.6 Å². The molecule has 1 fully saturated rings. The molecule has 0 saturated carbocycles. The van der Waals surface area contributed by atoms with Crippen molar-refractivity contribution in [3.63, 3.8) is 0 Å². The number of carbonyl (C=O) groups excluding carboxylic acids is 1. The Balaban J connectivity index is 1.62. The van der Waals surface area contributed by atoms with Crippen molar-refractivity contribution < 1.29 is 9.32 Å². The first-order chi connectivity index (χ1) is 13.8.